The Bertz CT molecular complexity index is 433. The fraction of sp³-hybridized carbons (Fsp3) is 0.417. The number of hydrogen-bond donors (Lipinski definition) is 2. The van der Waals surface area contributed by atoms with Gasteiger partial charge in [0.2, 0.25) is 0 Å². The third-order valence-corrected chi connectivity index (χ3v) is 3.82. The minimum atomic E-state index is -0.0900. The van der Waals surface area contributed by atoms with E-state index in [0.717, 1.165) is 22.0 Å². The average molecular weight is 378 g/mol. The van der Waals surface area contributed by atoms with Gasteiger partial charge in [-0.15, -0.1) is 0 Å². The maximum absolute atomic E-state index is 12.1. The summed E-state index contributed by atoms with van der Waals surface area (Å²) in [7, 11) is 1.66. The second-order valence-corrected chi connectivity index (χ2v) is 6.00. The van der Waals surface area contributed by atoms with Gasteiger partial charge in [-0.3, -0.25) is 4.79 Å². The molecular weight excluding hydrogens is 364 g/mol. The highest BCUT2D eigenvalue weighted by Gasteiger charge is 2.28. The highest BCUT2D eigenvalue weighted by atomic mass is 79.9. The van der Waals surface area contributed by atoms with E-state index in [2.05, 4.69) is 42.5 Å². The Kier molecular flexibility index (Phi) is 4.77. The molecule has 0 bridgehead atoms. The van der Waals surface area contributed by atoms with E-state index in [1.807, 2.05) is 6.07 Å². The van der Waals surface area contributed by atoms with E-state index >= 15 is 0 Å². The van der Waals surface area contributed by atoms with Crippen LogP contribution < -0.4 is 10.6 Å². The van der Waals surface area contributed by atoms with Crippen LogP contribution >= 0.6 is 31.9 Å². The standard InChI is InChI=1S/C12H14Br2N2O2/c1-18-11-6-15-5-10(11)16-12(17)7-2-8(13)4-9(14)3-7/h2-4,10-11,15H,5-6H2,1H3,(H,16,17)/t10?,11-/m0/s1. The van der Waals surface area contributed by atoms with Gasteiger partial charge in [-0.2, -0.15) is 0 Å². The molecule has 2 atom stereocenters. The molecule has 1 heterocycles. The first-order valence-corrected chi connectivity index (χ1v) is 7.19. The molecule has 2 N–H and O–H groups in total. The Morgan fingerprint density at radius 2 is 2.00 bits per heavy atom. The number of nitrogens with one attached hydrogen (secondary N) is 2. The summed E-state index contributed by atoms with van der Waals surface area (Å²) in [5.74, 6) is -0.0900. The molecule has 1 aliphatic heterocycles. The van der Waals surface area contributed by atoms with Crippen LogP contribution in [0.1, 0.15) is 10.4 Å². The van der Waals surface area contributed by atoms with E-state index in [1.165, 1.54) is 0 Å². The molecule has 1 aromatic rings. The molecule has 0 aromatic heterocycles. The lowest BCUT2D eigenvalue weighted by Crippen LogP contribution is -2.43. The number of carbonyl (C=O) groups is 1. The summed E-state index contributed by atoms with van der Waals surface area (Å²) < 4.78 is 7.05. The second-order valence-electron chi connectivity index (χ2n) is 4.17. The van der Waals surface area contributed by atoms with Gasteiger partial charge < -0.3 is 15.4 Å². The van der Waals surface area contributed by atoms with Crippen LogP contribution in [0.5, 0.6) is 0 Å². The molecule has 1 aromatic carbocycles. The predicted octanol–water partition coefficient (Wildman–Crippen LogP) is 1.93. The second kappa shape index (κ2) is 6.14. The van der Waals surface area contributed by atoms with Gasteiger partial charge in [-0.05, 0) is 18.2 Å². The van der Waals surface area contributed by atoms with Crippen LogP contribution in [0.3, 0.4) is 0 Å². The van der Waals surface area contributed by atoms with Crippen molar-refractivity contribution in [1.82, 2.24) is 10.6 Å². The van der Waals surface area contributed by atoms with Crippen molar-refractivity contribution in [2.75, 3.05) is 20.2 Å². The zero-order valence-electron chi connectivity index (χ0n) is 9.87. The quantitative estimate of drug-likeness (QED) is 0.846. The summed E-state index contributed by atoms with van der Waals surface area (Å²) in [4.78, 5) is 12.1. The zero-order valence-corrected chi connectivity index (χ0v) is 13.0. The number of hydrogen-bond acceptors (Lipinski definition) is 3. The Labute approximate surface area is 123 Å². The van der Waals surface area contributed by atoms with Gasteiger partial charge in [-0.25, -0.2) is 0 Å². The summed E-state index contributed by atoms with van der Waals surface area (Å²) in [6.07, 6.45) is 0.0320. The topological polar surface area (TPSA) is 50.4 Å². The van der Waals surface area contributed by atoms with Gasteiger partial charge in [0.15, 0.2) is 0 Å². The van der Waals surface area contributed by atoms with Gasteiger partial charge in [0.05, 0.1) is 12.1 Å². The molecule has 1 unspecified atom stereocenters. The fourth-order valence-electron chi connectivity index (χ4n) is 1.98. The summed E-state index contributed by atoms with van der Waals surface area (Å²) >= 11 is 6.74. The minimum absolute atomic E-state index is 0.0141. The van der Waals surface area contributed by atoms with Gasteiger partial charge in [0.1, 0.15) is 0 Å². The molecule has 0 spiro atoms. The van der Waals surface area contributed by atoms with Crippen LogP contribution in [0.4, 0.5) is 0 Å². The molecule has 4 nitrogen and oxygen atoms in total. The van der Waals surface area contributed by atoms with Gasteiger partial charge in [-0.1, -0.05) is 31.9 Å². The van der Waals surface area contributed by atoms with Crippen LogP contribution in [0, 0.1) is 0 Å². The SMILES string of the molecule is CO[C@H]1CNCC1NC(=O)c1cc(Br)cc(Br)c1. The molecule has 1 amide bonds. The number of halogens is 2. The molecular formula is C12H14Br2N2O2. The number of rotatable bonds is 3. The third-order valence-electron chi connectivity index (χ3n) is 2.90. The number of carbonyl (C=O) groups excluding carboxylic acids is 1. The van der Waals surface area contributed by atoms with Crippen LogP contribution in [0.15, 0.2) is 27.1 Å². The van der Waals surface area contributed by atoms with Crippen molar-refractivity contribution in [2.45, 2.75) is 12.1 Å². The maximum Gasteiger partial charge on any atom is 0.251 e. The average Bonchev–Trinajstić information content (AvgIpc) is 2.75. The number of benzene rings is 1. The first-order chi connectivity index (χ1) is 8.60. The molecule has 0 aliphatic carbocycles. The maximum atomic E-state index is 12.1. The van der Waals surface area contributed by atoms with Crippen LogP contribution in [0.25, 0.3) is 0 Å². The molecule has 1 fully saturated rings. The largest absolute Gasteiger partial charge is 0.378 e. The van der Waals surface area contributed by atoms with E-state index < -0.39 is 0 Å². The van der Waals surface area contributed by atoms with E-state index in [9.17, 15) is 4.79 Å². The smallest absolute Gasteiger partial charge is 0.251 e. The minimum Gasteiger partial charge on any atom is -0.378 e. The van der Waals surface area contributed by atoms with Crippen molar-refractivity contribution < 1.29 is 9.53 Å². The lowest BCUT2D eigenvalue weighted by Gasteiger charge is -2.18. The molecule has 0 radical (unpaired) electrons. The molecule has 1 saturated heterocycles. The molecule has 18 heavy (non-hydrogen) atoms. The Hall–Kier alpha value is -0.430. The molecule has 2 rings (SSSR count). The first-order valence-electron chi connectivity index (χ1n) is 5.60. The highest BCUT2D eigenvalue weighted by molar-refractivity contribution is 9.11. The number of amides is 1. The van der Waals surface area contributed by atoms with E-state index in [4.69, 9.17) is 4.74 Å². The normalized spacial score (nSPS) is 23.1. The number of ether oxygens (including phenoxy) is 1. The van der Waals surface area contributed by atoms with E-state index in [0.29, 0.717) is 5.56 Å². The summed E-state index contributed by atoms with van der Waals surface area (Å²) in [5, 5.41) is 6.18. The predicted molar refractivity (Wildman–Crippen MR) is 76.8 cm³/mol. The van der Waals surface area contributed by atoms with E-state index in [1.54, 1.807) is 19.2 Å². The van der Waals surface area contributed by atoms with Crippen molar-refractivity contribution >= 4 is 37.8 Å². The summed E-state index contributed by atoms with van der Waals surface area (Å²) in [5.41, 5.74) is 0.623. The Morgan fingerprint density at radius 3 is 2.61 bits per heavy atom. The third kappa shape index (κ3) is 3.32. The number of methoxy groups -OCH3 is 1. The van der Waals surface area contributed by atoms with Crippen LogP contribution in [-0.2, 0) is 4.74 Å². The fourth-order valence-corrected chi connectivity index (χ4v) is 3.28. The Morgan fingerprint density at radius 1 is 1.33 bits per heavy atom. The Balaban J connectivity index is 2.07. The summed E-state index contributed by atoms with van der Waals surface area (Å²) in [6, 6.07) is 5.50. The zero-order chi connectivity index (χ0) is 13.1. The van der Waals surface area contributed by atoms with Gasteiger partial charge in [0, 0.05) is 34.7 Å². The van der Waals surface area contributed by atoms with Crippen molar-refractivity contribution in [3.63, 3.8) is 0 Å². The van der Waals surface area contributed by atoms with Crippen molar-refractivity contribution in [3.8, 4) is 0 Å². The molecule has 6 heteroatoms. The van der Waals surface area contributed by atoms with E-state index in [-0.39, 0.29) is 18.1 Å². The molecule has 98 valence electrons. The highest BCUT2D eigenvalue weighted by Crippen LogP contribution is 2.20. The first kappa shape index (κ1) is 14.0. The van der Waals surface area contributed by atoms with Crippen LogP contribution in [-0.4, -0.2) is 38.3 Å². The van der Waals surface area contributed by atoms with Crippen molar-refractivity contribution in [2.24, 2.45) is 0 Å². The molecule has 0 saturated carbocycles. The van der Waals surface area contributed by atoms with Gasteiger partial charge >= 0.3 is 0 Å². The lowest BCUT2D eigenvalue weighted by molar-refractivity contribution is 0.0780. The molecule has 1 aliphatic rings. The summed E-state index contributed by atoms with van der Waals surface area (Å²) in [6.45, 7) is 1.50. The van der Waals surface area contributed by atoms with Crippen LogP contribution in [0.2, 0.25) is 0 Å². The van der Waals surface area contributed by atoms with Gasteiger partial charge in [0.25, 0.3) is 5.91 Å². The lowest BCUT2D eigenvalue weighted by atomic mass is 10.1. The van der Waals surface area contributed by atoms with Crippen molar-refractivity contribution in [1.29, 1.82) is 0 Å². The monoisotopic (exact) mass is 376 g/mol. The van der Waals surface area contributed by atoms with Crippen molar-refractivity contribution in [3.05, 3.63) is 32.7 Å².